The Hall–Kier alpha value is -1.15. The molecule has 262 valence electrons. The van der Waals surface area contributed by atoms with Crippen LogP contribution in [0.25, 0.3) is 0 Å². The van der Waals surface area contributed by atoms with Crippen LogP contribution in [0.5, 0.6) is 11.5 Å². The first-order valence-corrected chi connectivity index (χ1v) is 41.0. The van der Waals surface area contributed by atoms with E-state index >= 15 is 0 Å². The Morgan fingerprint density at radius 2 is 0.750 bits per heavy atom. The third kappa shape index (κ3) is 8.48. The number of fused-ring (bicyclic) bond motifs is 2. The number of ether oxygens (including phenoxy) is 1. The first kappa shape index (κ1) is 39.6. The second kappa shape index (κ2) is 13.4. The van der Waals surface area contributed by atoms with Crippen molar-refractivity contribution >= 4 is 67.9 Å². The fraction of sp³-hybridized carbons (Fsp3) is 0.525. The predicted molar refractivity (Wildman–Crippen MR) is 238 cm³/mol. The Morgan fingerprint density at radius 3 is 1.06 bits per heavy atom. The average Bonchev–Trinajstić information content (AvgIpc) is 2.85. The van der Waals surface area contributed by atoms with Crippen molar-refractivity contribution in [2.45, 2.75) is 133 Å². The molecule has 0 unspecified atom stereocenters. The van der Waals surface area contributed by atoms with E-state index in [-0.39, 0.29) is 9.13 Å². The van der Waals surface area contributed by atoms with Gasteiger partial charge in [-0.25, -0.2) is 0 Å². The summed E-state index contributed by atoms with van der Waals surface area (Å²) in [5.74, 6) is 2.05. The van der Waals surface area contributed by atoms with Crippen LogP contribution in [0.2, 0.25) is 118 Å². The van der Waals surface area contributed by atoms with Gasteiger partial charge in [-0.2, -0.15) is 0 Å². The Bertz CT molecular complexity index is 1520. The number of para-hydroxylation sites is 2. The van der Waals surface area contributed by atoms with Crippen molar-refractivity contribution in [3.8, 4) is 11.5 Å². The Kier molecular flexibility index (Phi) is 11.1. The van der Waals surface area contributed by atoms with Gasteiger partial charge in [0.1, 0.15) is 11.5 Å². The van der Waals surface area contributed by atoms with Crippen LogP contribution in [0, 0.1) is 0 Å². The van der Waals surface area contributed by atoms with Gasteiger partial charge >= 0.3 is 0 Å². The molecular formula is C40H68OSi7. The van der Waals surface area contributed by atoms with E-state index in [4.69, 9.17) is 4.74 Å². The lowest BCUT2D eigenvalue weighted by Gasteiger charge is -2.45. The molecule has 3 aromatic rings. The molecule has 8 heteroatoms. The van der Waals surface area contributed by atoms with Gasteiger partial charge in [0.15, 0.2) is 0 Å². The second-order valence-corrected chi connectivity index (χ2v) is 56.3. The van der Waals surface area contributed by atoms with Crippen LogP contribution in [0.4, 0.5) is 0 Å². The van der Waals surface area contributed by atoms with E-state index in [1.807, 2.05) is 0 Å². The normalized spacial score (nSPS) is 14.7. The van der Waals surface area contributed by atoms with Gasteiger partial charge in [0.05, 0.1) is 0 Å². The van der Waals surface area contributed by atoms with Gasteiger partial charge in [0.25, 0.3) is 0 Å². The summed E-state index contributed by atoms with van der Waals surface area (Å²) in [6.45, 7) is 48.1. The number of hydrogen-bond acceptors (Lipinski definition) is 1. The van der Waals surface area contributed by atoms with Crippen LogP contribution >= 0.6 is 0 Å². The molecule has 4 rings (SSSR count). The quantitative estimate of drug-likeness (QED) is 0.146. The minimum atomic E-state index is -1.62. The third-order valence-electron chi connectivity index (χ3n) is 10.3. The van der Waals surface area contributed by atoms with Gasteiger partial charge in [0, 0.05) is 68.7 Å². The van der Waals surface area contributed by atoms with E-state index in [0.29, 0.717) is 10.3 Å². The van der Waals surface area contributed by atoms with Crippen molar-refractivity contribution in [1.82, 2.24) is 0 Å². The van der Waals surface area contributed by atoms with E-state index in [1.165, 1.54) is 16.3 Å². The SMILES string of the molecule is C[Si](C)(C)C(c1cc(C([Si](C)(C)C)[Si](C)(C)C)c([SiH]=C2c3ccccc3Oc3ccccc32)c(C([Si](C)(C)C)[Si](C)(C)C)c1)[Si](C)(C)C. The third-order valence-corrected chi connectivity index (χ3v) is 40.0. The molecule has 0 atom stereocenters. The van der Waals surface area contributed by atoms with E-state index in [9.17, 15) is 0 Å². The monoisotopic (exact) mass is 760 g/mol. The minimum absolute atomic E-state index is 0.156. The maximum Gasteiger partial charge on any atom is 0.134 e. The fourth-order valence-corrected chi connectivity index (χ4v) is 51.2. The van der Waals surface area contributed by atoms with Gasteiger partial charge in [-0.15, -0.1) is 0 Å². The van der Waals surface area contributed by atoms with Gasteiger partial charge in [0.2, 0.25) is 0 Å². The minimum Gasteiger partial charge on any atom is -0.456 e. The Morgan fingerprint density at radius 1 is 0.438 bits per heavy atom. The topological polar surface area (TPSA) is 9.23 Å². The molecule has 1 aliphatic heterocycles. The van der Waals surface area contributed by atoms with E-state index in [2.05, 4.69) is 179 Å². The molecule has 0 aliphatic carbocycles. The molecule has 0 saturated heterocycles. The van der Waals surface area contributed by atoms with E-state index in [0.717, 1.165) is 16.7 Å². The Labute approximate surface area is 304 Å². The molecule has 0 radical (unpaired) electrons. The van der Waals surface area contributed by atoms with Gasteiger partial charge < -0.3 is 4.74 Å². The van der Waals surface area contributed by atoms with E-state index < -0.39 is 48.4 Å². The first-order valence-electron chi connectivity index (χ1n) is 18.4. The highest BCUT2D eigenvalue weighted by Crippen LogP contribution is 2.44. The number of benzene rings is 3. The van der Waals surface area contributed by atoms with Crippen LogP contribution in [0.3, 0.4) is 0 Å². The zero-order valence-electron chi connectivity index (χ0n) is 34.0. The number of rotatable bonds is 10. The summed E-state index contributed by atoms with van der Waals surface area (Å²) in [4.78, 5) is 0. The largest absolute Gasteiger partial charge is 0.456 e. The first-order chi connectivity index (χ1) is 21.6. The summed E-state index contributed by atoms with van der Waals surface area (Å²) in [6, 6.07) is 23.5. The molecule has 0 N–H and O–H groups in total. The van der Waals surface area contributed by atoms with Crippen LogP contribution in [0.15, 0.2) is 60.7 Å². The molecule has 0 amide bonds. The molecule has 0 fully saturated rings. The lowest BCUT2D eigenvalue weighted by atomic mass is 10.0. The predicted octanol–water partition coefficient (Wildman–Crippen LogP) is 11.6. The second-order valence-electron chi connectivity index (χ2n) is 21.3. The molecular weight excluding hydrogens is 693 g/mol. The summed E-state index contributed by atoms with van der Waals surface area (Å²) in [5.41, 5.74) is 7.91. The molecule has 3 aromatic carbocycles. The van der Waals surface area contributed by atoms with Gasteiger partial charge in [-0.1, -0.05) is 166 Å². The highest BCUT2D eigenvalue weighted by molar-refractivity contribution is 6.98. The van der Waals surface area contributed by atoms with Crippen molar-refractivity contribution in [3.05, 3.63) is 88.5 Å². The van der Waals surface area contributed by atoms with Crippen molar-refractivity contribution in [2.24, 2.45) is 0 Å². The zero-order chi connectivity index (χ0) is 36.4. The summed E-state index contributed by atoms with van der Waals surface area (Å²) >= 11 is 0. The molecule has 0 saturated carbocycles. The summed E-state index contributed by atoms with van der Waals surface area (Å²) in [6.07, 6.45) is 0. The molecule has 1 heterocycles. The maximum absolute atomic E-state index is 6.57. The molecule has 1 nitrogen and oxygen atoms in total. The van der Waals surface area contributed by atoms with Crippen molar-refractivity contribution < 1.29 is 4.74 Å². The van der Waals surface area contributed by atoms with Gasteiger partial charge in [-0.05, 0) is 54.7 Å². The summed E-state index contributed by atoms with van der Waals surface area (Å²) in [5, 5.41) is 5.44. The molecule has 1 aliphatic rings. The highest BCUT2D eigenvalue weighted by Gasteiger charge is 2.46. The lowest BCUT2D eigenvalue weighted by molar-refractivity contribution is 0.476. The van der Waals surface area contributed by atoms with Crippen LogP contribution in [0.1, 0.15) is 43.3 Å². The molecule has 0 aromatic heterocycles. The smallest absolute Gasteiger partial charge is 0.134 e. The number of hydrogen-bond donors (Lipinski definition) is 0. The molecule has 0 spiro atoms. The van der Waals surface area contributed by atoms with Gasteiger partial charge in [-0.3, -0.25) is 0 Å². The van der Waals surface area contributed by atoms with Crippen molar-refractivity contribution in [3.63, 3.8) is 0 Å². The average molecular weight is 762 g/mol. The molecule has 0 bridgehead atoms. The van der Waals surface area contributed by atoms with Crippen molar-refractivity contribution in [2.75, 3.05) is 0 Å². The van der Waals surface area contributed by atoms with Crippen LogP contribution < -0.4 is 9.92 Å². The van der Waals surface area contributed by atoms with Crippen molar-refractivity contribution in [1.29, 1.82) is 0 Å². The zero-order valence-corrected chi connectivity index (χ0v) is 41.1. The summed E-state index contributed by atoms with van der Waals surface area (Å²) < 4.78 is 6.57. The maximum atomic E-state index is 6.57. The summed E-state index contributed by atoms with van der Waals surface area (Å²) in [7, 11) is -9.67. The fourth-order valence-electron chi connectivity index (χ4n) is 10.4. The highest BCUT2D eigenvalue weighted by atomic mass is 28.4. The lowest BCUT2D eigenvalue weighted by Crippen LogP contribution is -2.53. The van der Waals surface area contributed by atoms with Crippen LogP contribution in [-0.2, 0) is 0 Å². The Balaban J connectivity index is 2.33. The standard InChI is InChI=1S/C40H68OSi7/c1-43(2,3)38(44(4,5)6)29-27-32(39(45(7,8)9)46(10,11)12)37(33(28-29)40(47(13,14)15)48(16,17)18)42-36-30-23-19-21-25-34(30)41-35-26-22-20-24-31(35)36/h19-28,38-40,42H,1-18H3. The van der Waals surface area contributed by atoms with E-state index in [1.54, 1.807) is 21.9 Å². The molecule has 48 heavy (non-hydrogen) atoms. The van der Waals surface area contributed by atoms with Crippen LogP contribution in [-0.4, -0.2) is 62.7 Å².